The molecular formula is C15H16O3. The lowest BCUT2D eigenvalue weighted by atomic mass is 9.80. The molecule has 94 valence electrons. The van der Waals surface area contributed by atoms with Crippen LogP contribution in [0.3, 0.4) is 0 Å². The molecule has 0 spiro atoms. The first kappa shape index (κ1) is 12.6. The number of Topliss-reactive ketones (excluding diaryl/α,β-unsaturated/α-hetero) is 2. The average molecular weight is 244 g/mol. The van der Waals surface area contributed by atoms with Crippen molar-refractivity contribution in [3.05, 3.63) is 39.0 Å². The lowest BCUT2D eigenvalue weighted by molar-refractivity contribution is 0.0971. The smallest absolute Gasteiger partial charge is 0.193 e. The minimum Gasteiger partial charge on any atom is -0.507 e. The maximum Gasteiger partial charge on any atom is 0.193 e. The van der Waals surface area contributed by atoms with Crippen LogP contribution in [0.5, 0.6) is 5.75 Å². The predicted molar refractivity (Wildman–Crippen MR) is 69.4 cm³/mol. The molecule has 0 saturated carbocycles. The van der Waals surface area contributed by atoms with Crippen LogP contribution in [0.4, 0.5) is 0 Å². The Kier molecular flexibility index (Phi) is 2.65. The fraction of sp³-hybridized carbons (Fsp3) is 0.333. The Morgan fingerprint density at radius 1 is 0.667 bits per heavy atom. The van der Waals surface area contributed by atoms with Gasteiger partial charge in [0.2, 0.25) is 0 Å². The van der Waals surface area contributed by atoms with Gasteiger partial charge in [0.05, 0.1) is 5.56 Å². The Morgan fingerprint density at radius 2 is 1.11 bits per heavy atom. The fourth-order valence-electron chi connectivity index (χ4n) is 2.36. The molecule has 1 aliphatic rings. The van der Waals surface area contributed by atoms with E-state index in [-0.39, 0.29) is 22.9 Å². The zero-order chi connectivity index (χ0) is 13.8. The van der Waals surface area contributed by atoms with E-state index in [4.69, 9.17) is 0 Å². The predicted octanol–water partition coefficient (Wildman–Crippen LogP) is 3.03. The number of benzene rings is 1. The molecule has 0 radical (unpaired) electrons. The van der Waals surface area contributed by atoms with E-state index >= 15 is 0 Å². The van der Waals surface area contributed by atoms with E-state index in [0.717, 1.165) is 11.1 Å². The summed E-state index contributed by atoms with van der Waals surface area (Å²) in [6.45, 7) is 8.71. The van der Waals surface area contributed by atoms with Crippen molar-refractivity contribution in [3.8, 4) is 5.75 Å². The molecule has 18 heavy (non-hydrogen) atoms. The van der Waals surface area contributed by atoms with Gasteiger partial charge in [-0.3, -0.25) is 9.59 Å². The standard InChI is InChI=1S/C15H16O3/c1-6-7(2)11-12(14(17)8(6)3)15(18)10(5)9(4)13(11)16/h17H,1-5H3. The molecule has 0 heterocycles. The maximum atomic E-state index is 12.3. The van der Waals surface area contributed by atoms with Gasteiger partial charge in [-0.2, -0.15) is 0 Å². The van der Waals surface area contributed by atoms with E-state index < -0.39 is 0 Å². The summed E-state index contributed by atoms with van der Waals surface area (Å²) in [6.07, 6.45) is 0. The van der Waals surface area contributed by atoms with Crippen molar-refractivity contribution < 1.29 is 14.7 Å². The van der Waals surface area contributed by atoms with Crippen LogP contribution in [0.25, 0.3) is 0 Å². The van der Waals surface area contributed by atoms with Crippen LogP contribution in [0.15, 0.2) is 11.1 Å². The van der Waals surface area contributed by atoms with Gasteiger partial charge >= 0.3 is 0 Å². The number of hydrogen-bond donors (Lipinski definition) is 1. The van der Waals surface area contributed by atoms with Gasteiger partial charge in [-0.15, -0.1) is 0 Å². The monoisotopic (exact) mass is 244 g/mol. The Hall–Kier alpha value is -1.90. The number of ketones is 2. The molecule has 0 atom stereocenters. The molecule has 3 heteroatoms. The van der Waals surface area contributed by atoms with Crippen LogP contribution in [-0.2, 0) is 0 Å². The summed E-state index contributed by atoms with van der Waals surface area (Å²) in [5.41, 5.74) is 3.74. The van der Waals surface area contributed by atoms with Crippen molar-refractivity contribution in [2.45, 2.75) is 34.6 Å². The number of aromatic hydroxyl groups is 1. The van der Waals surface area contributed by atoms with Crippen LogP contribution in [0.1, 0.15) is 51.3 Å². The Morgan fingerprint density at radius 3 is 1.61 bits per heavy atom. The second-order valence-corrected chi connectivity index (χ2v) is 4.88. The minimum atomic E-state index is -0.245. The van der Waals surface area contributed by atoms with Gasteiger partial charge in [0, 0.05) is 16.7 Å². The molecule has 1 aliphatic carbocycles. The van der Waals surface area contributed by atoms with E-state index in [2.05, 4.69) is 0 Å². The third-order valence-corrected chi connectivity index (χ3v) is 4.04. The van der Waals surface area contributed by atoms with Crippen LogP contribution < -0.4 is 0 Å². The molecular weight excluding hydrogens is 228 g/mol. The van der Waals surface area contributed by atoms with E-state index in [1.807, 2.05) is 13.8 Å². The Labute approximate surface area is 106 Å². The first-order chi connectivity index (χ1) is 8.29. The molecule has 1 aromatic carbocycles. The van der Waals surface area contributed by atoms with E-state index in [1.165, 1.54) is 0 Å². The third kappa shape index (κ3) is 1.37. The highest BCUT2D eigenvalue weighted by atomic mass is 16.3. The summed E-state index contributed by atoms with van der Waals surface area (Å²) < 4.78 is 0. The van der Waals surface area contributed by atoms with Crippen LogP contribution in [0.2, 0.25) is 0 Å². The van der Waals surface area contributed by atoms with E-state index in [0.29, 0.717) is 22.3 Å². The summed E-state index contributed by atoms with van der Waals surface area (Å²) >= 11 is 0. The van der Waals surface area contributed by atoms with Crippen LogP contribution in [0, 0.1) is 20.8 Å². The summed E-state index contributed by atoms with van der Waals surface area (Å²) in [6, 6.07) is 0. The van der Waals surface area contributed by atoms with Crippen molar-refractivity contribution in [1.82, 2.24) is 0 Å². The van der Waals surface area contributed by atoms with Gasteiger partial charge in [0.1, 0.15) is 5.75 Å². The first-order valence-corrected chi connectivity index (χ1v) is 5.88. The highest BCUT2D eigenvalue weighted by Gasteiger charge is 2.33. The molecule has 0 unspecified atom stereocenters. The molecule has 0 bridgehead atoms. The zero-order valence-corrected chi connectivity index (χ0v) is 11.3. The second-order valence-electron chi connectivity index (χ2n) is 4.88. The molecule has 0 amide bonds. The molecule has 3 nitrogen and oxygen atoms in total. The topological polar surface area (TPSA) is 54.4 Å². The van der Waals surface area contributed by atoms with Gasteiger partial charge < -0.3 is 5.11 Å². The molecule has 2 rings (SSSR count). The van der Waals surface area contributed by atoms with Gasteiger partial charge in [-0.25, -0.2) is 0 Å². The lowest BCUT2D eigenvalue weighted by Gasteiger charge is -2.22. The number of allylic oxidation sites excluding steroid dienone is 2. The Balaban J connectivity index is 2.96. The van der Waals surface area contributed by atoms with Crippen molar-refractivity contribution in [2.75, 3.05) is 0 Å². The van der Waals surface area contributed by atoms with E-state index in [9.17, 15) is 14.7 Å². The largest absolute Gasteiger partial charge is 0.507 e. The van der Waals surface area contributed by atoms with Crippen LogP contribution in [-0.4, -0.2) is 16.7 Å². The van der Waals surface area contributed by atoms with Crippen molar-refractivity contribution in [3.63, 3.8) is 0 Å². The van der Waals surface area contributed by atoms with E-state index in [1.54, 1.807) is 20.8 Å². The number of hydrogen-bond acceptors (Lipinski definition) is 3. The van der Waals surface area contributed by atoms with Crippen molar-refractivity contribution >= 4 is 11.6 Å². The fourth-order valence-corrected chi connectivity index (χ4v) is 2.36. The van der Waals surface area contributed by atoms with Gasteiger partial charge in [-0.1, -0.05) is 0 Å². The number of fused-ring (bicyclic) bond motifs is 1. The molecule has 1 N–H and O–H groups in total. The molecule has 0 fully saturated rings. The normalized spacial score (nSPS) is 15.2. The van der Waals surface area contributed by atoms with Crippen molar-refractivity contribution in [1.29, 1.82) is 0 Å². The number of carbonyl (C=O) groups excluding carboxylic acids is 2. The lowest BCUT2D eigenvalue weighted by Crippen LogP contribution is -2.22. The highest BCUT2D eigenvalue weighted by molar-refractivity contribution is 6.28. The summed E-state index contributed by atoms with van der Waals surface area (Å²) in [4.78, 5) is 24.5. The molecule has 1 aromatic rings. The number of phenols is 1. The highest BCUT2D eigenvalue weighted by Crippen LogP contribution is 2.38. The summed E-state index contributed by atoms with van der Waals surface area (Å²) in [7, 11) is 0. The zero-order valence-electron chi connectivity index (χ0n) is 11.3. The number of phenolic OH excluding ortho intramolecular Hbond substituents is 1. The summed E-state index contributed by atoms with van der Waals surface area (Å²) in [5, 5.41) is 10.1. The van der Waals surface area contributed by atoms with Crippen LogP contribution >= 0.6 is 0 Å². The first-order valence-electron chi connectivity index (χ1n) is 5.88. The number of rotatable bonds is 0. The molecule has 0 saturated heterocycles. The Bertz CT molecular complexity index is 579. The SMILES string of the molecule is CC1=C(C)C(=O)c2c(O)c(C)c(C)c(C)c2C1=O. The average Bonchev–Trinajstić information content (AvgIpc) is 2.35. The molecule has 0 aliphatic heterocycles. The van der Waals surface area contributed by atoms with Gasteiger partial charge in [-0.05, 0) is 51.3 Å². The third-order valence-electron chi connectivity index (χ3n) is 4.04. The second kappa shape index (κ2) is 3.80. The minimum absolute atomic E-state index is 0.0571. The van der Waals surface area contributed by atoms with Crippen molar-refractivity contribution in [2.24, 2.45) is 0 Å². The van der Waals surface area contributed by atoms with Gasteiger partial charge in [0.25, 0.3) is 0 Å². The number of carbonyl (C=O) groups is 2. The summed E-state index contributed by atoms with van der Waals surface area (Å²) in [5.74, 6) is -0.456. The molecule has 0 aromatic heterocycles. The quantitative estimate of drug-likeness (QED) is 0.763. The van der Waals surface area contributed by atoms with Gasteiger partial charge in [0.15, 0.2) is 11.6 Å². The maximum absolute atomic E-state index is 12.3.